The lowest BCUT2D eigenvalue weighted by atomic mass is 10.2. The van der Waals surface area contributed by atoms with E-state index in [1.165, 1.54) is 23.4 Å². The molecule has 33 heavy (non-hydrogen) atoms. The summed E-state index contributed by atoms with van der Waals surface area (Å²) in [5, 5.41) is 1.37. The van der Waals surface area contributed by atoms with Gasteiger partial charge in [0.25, 0.3) is 5.56 Å². The van der Waals surface area contributed by atoms with E-state index in [9.17, 15) is 9.59 Å². The Morgan fingerprint density at radius 3 is 2.39 bits per heavy atom. The van der Waals surface area contributed by atoms with Crippen LogP contribution >= 0.6 is 23.4 Å². The highest BCUT2D eigenvalue weighted by Gasteiger charge is 2.19. The minimum atomic E-state index is -0.466. The quantitative estimate of drug-likeness (QED) is 0.305. The summed E-state index contributed by atoms with van der Waals surface area (Å²) in [7, 11) is 6.12. The highest BCUT2D eigenvalue weighted by Crippen LogP contribution is 2.34. The summed E-state index contributed by atoms with van der Waals surface area (Å²) >= 11 is 7.68. The number of aromatic nitrogens is 4. The number of thioether (sulfide) groups is 1. The Labute approximate surface area is 198 Å². The fraction of sp³-hybridized carbons (Fsp3) is 0.217. The third-order valence-electron chi connectivity index (χ3n) is 5.23. The van der Waals surface area contributed by atoms with Crippen LogP contribution in [0.15, 0.2) is 57.1 Å². The highest BCUT2D eigenvalue weighted by molar-refractivity contribution is 7.98. The summed E-state index contributed by atoms with van der Waals surface area (Å²) in [4.78, 5) is 34.9. The van der Waals surface area contributed by atoms with Crippen LogP contribution in [0.1, 0.15) is 5.56 Å². The van der Waals surface area contributed by atoms with Crippen molar-refractivity contribution in [1.82, 2.24) is 19.1 Å². The van der Waals surface area contributed by atoms with E-state index >= 15 is 0 Å². The molecule has 0 radical (unpaired) electrons. The standard InChI is InChI=1S/C23H21ClN4O4S/c1-27-20-18(22(29)28(2)23(27)30)21(33-12-14-7-5-6-8-15(14)24)26-19(25-20)13-9-10-16(31-3)17(11-13)32-4/h5-11H,12H2,1-4H3. The maximum Gasteiger partial charge on any atom is 0.332 e. The molecule has 0 bridgehead atoms. The first-order valence-electron chi connectivity index (χ1n) is 9.92. The van der Waals surface area contributed by atoms with Crippen LogP contribution in [0.2, 0.25) is 5.02 Å². The first-order chi connectivity index (χ1) is 15.8. The maximum absolute atomic E-state index is 13.0. The molecule has 0 aliphatic rings. The van der Waals surface area contributed by atoms with Gasteiger partial charge in [0.2, 0.25) is 0 Å². The minimum absolute atomic E-state index is 0.254. The molecule has 0 atom stereocenters. The van der Waals surface area contributed by atoms with Crippen molar-refractivity contribution in [2.24, 2.45) is 14.1 Å². The van der Waals surface area contributed by atoms with E-state index in [0.717, 1.165) is 10.1 Å². The van der Waals surface area contributed by atoms with Gasteiger partial charge in [-0.15, -0.1) is 11.8 Å². The molecule has 170 valence electrons. The molecule has 0 spiro atoms. The van der Waals surface area contributed by atoms with Crippen LogP contribution in [-0.2, 0) is 19.8 Å². The fourth-order valence-electron chi connectivity index (χ4n) is 3.40. The molecule has 8 nitrogen and oxygen atoms in total. The van der Waals surface area contributed by atoms with Gasteiger partial charge in [-0.1, -0.05) is 29.8 Å². The summed E-state index contributed by atoms with van der Waals surface area (Å²) in [5.74, 6) is 1.93. The number of methoxy groups -OCH3 is 2. The second kappa shape index (κ2) is 9.29. The van der Waals surface area contributed by atoms with E-state index in [2.05, 4.69) is 4.98 Å². The van der Waals surface area contributed by atoms with Crippen LogP contribution in [0, 0.1) is 0 Å². The first kappa shape index (κ1) is 22.9. The molecule has 4 rings (SSSR count). The van der Waals surface area contributed by atoms with Gasteiger partial charge in [0, 0.05) is 30.4 Å². The predicted octanol–water partition coefficient (Wildman–Crippen LogP) is 3.66. The lowest BCUT2D eigenvalue weighted by Gasteiger charge is -2.13. The van der Waals surface area contributed by atoms with Gasteiger partial charge >= 0.3 is 5.69 Å². The van der Waals surface area contributed by atoms with Crippen LogP contribution in [0.3, 0.4) is 0 Å². The summed E-state index contributed by atoms with van der Waals surface area (Å²) in [5.41, 5.74) is 0.900. The zero-order valence-electron chi connectivity index (χ0n) is 18.5. The molecular formula is C23H21ClN4O4S. The topological polar surface area (TPSA) is 88.2 Å². The Hall–Kier alpha value is -3.30. The molecule has 0 amide bonds. The first-order valence-corrected chi connectivity index (χ1v) is 11.3. The van der Waals surface area contributed by atoms with Crippen LogP contribution in [0.5, 0.6) is 11.5 Å². The normalized spacial score (nSPS) is 11.1. The highest BCUT2D eigenvalue weighted by atomic mass is 35.5. The maximum atomic E-state index is 13.0. The number of benzene rings is 2. The number of fused-ring (bicyclic) bond motifs is 1. The van der Waals surface area contributed by atoms with Crippen molar-refractivity contribution in [2.45, 2.75) is 10.8 Å². The summed E-state index contributed by atoms with van der Waals surface area (Å²) in [6.45, 7) is 0. The molecule has 10 heteroatoms. The van der Waals surface area contributed by atoms with Crippen LogP contribution in [0.4, 0.5) is 0 Å². The zero-order valence-corrected chi connectivity index (χ0v) is 20.0. The Morgan fingerprint density at radius 2 is 1.70 bits per heavy atom. The predicted molar refractivity (Wildman–Crippen MR) is 130 cm³/mol. The van der Waals surface area contributed by atoms with Crippen molar-refractivity contribution in [3.8, 4) is 22.9 Å². The van der Waals surface area contributed by atoms with Crippen LogP contribution < -0.4 is 20.7 Å². The summed E-state index contributed by atoms with van der Waals surface area (Å²) in [6, 6.07) is 12.8. The number of halogens is 1. The van der Waals surface area contributed by atoms with E-state index < -0.39 is 11.2 Å². The van der Waals surface area contributed by atoms with Crippen molar-refractivity contribution >= 4 is 34.4 Å². The SMILES string of the molecule is COc1ccc(-c2nc(SCc3ccccc3Cl)c3c(=O)n(C)c(=O)n(C)c3n2)cc1OC. The Balaban J connectivity index is 1.94. The molecule has 2 aromatic carbocycles. The van der Waals surface area contributed by atoms with Crippen LogP contribution in [0.25, 0.3) is 22.4 Å². The average molecular weight is 485 g/mol. The molecule has 4 aromatic rings. The largest absolute Gasteiger partial charge is 0.493 e. The molecule has 0 saturated carbocycles. The summed E-state index contributed by atoms with van der Waals surface area (Å²) in [6.07, 6.45) is 0. The third kappa shape index (κ3) is 4.21. The van der Waals surface area contributed by atoms with E-state index in [-0.39, 0.29) is 11.0 Å². The second-order valence-corrected chi connectivity index (χ2v) is 8.58. The summed E-state index contributed by atoms with van der Waals surface area (Å²) < 4.78 is 13.1. The van der Waals surface area contributed by atoms with Gasteiger partial charge < -0.3 is 9.47 Å². The lowest BCUT2D eigenvalue weighted by molar-refractivity contribution is 0.355. The number of aryl methyl sites for hydroxylation is 1. The molecule has 0 aliphatic heterocycles. The van der Waals surface area contributed by atoms with Crippen molar-refractivity contribution < 1.29 is 9.47 Å². The van der Waals surface area contributed by atoms with Gasteiger partial charge in [-0.25, -0.2) is 14.8 Å². The van der Waals surface area contributed by atoms with Gasteiger partial charge in [-0.05, 0) is 29.8 Å². The van der Waals surface area contributed by atoms with Gasteiger partial charge in [-0.2, -0.15) is 0 Å². The fourth-order valence-corrected chi connectivity index (χ4v) is 4.70. The third-order valence-corrected chi connectivity index (χ3v) is 6.62. The van der Waals surface area contributed by atoms with Crippen molar-refractivity contribution in [2.75, 3.05) is 14.2 Å². The molecular weight excluding hydrogens is 464 g/mol. The molecule has 0 N–H and O–H groups in total. The van der Waals surface area contributed by atoms with E-state index in [1.807, 2.05) is 24.3 Å². The molecule has 0 unspecified atom stereocenters. The van der Waals surface area contributed by atoms with Gasteiger partial charge in [0.05, 0.1) is 14.2 Å². The number of ether oxygens (including phenoxy) is 2. The lowest BCUT2D eigenvalue weighted by Crippen LogP contribution is -2.37. The van der Waals surface area contributed by atoms with E-state index in [4.69, 9.17) is 26.1 Å². The number of nitrogens with zero attached hydrogens (tertiary/aromatic N) is 4. The number of hydrogen-bond donors (Lipinski definition) is 0. The minimum Gasteiger partial charge on any atom is -0.493 e. The smallest absolute Gasteiger partial charge is 0.332 e. The molecule has 2 aromatic heterocycles. The van der Waals surface area contributed by atoms with Gasteiger partial charge in [-0.3, -0.25) is 13.9 Å². The average Bonchev–Trinajstić information content (AvgIpc) is 2.84. The van der Waals surface area contributed by atoms with E-state index in [0.29, 0.717) is 38.7 Å². The Bertz CT molecular complexity index is 1480. The molecule has 0 saturated heterocycles. The van der Waals surface area contributed by atoms with Crippen molar-refractivity contribution in [3.05, 3.63) is 73.9 Å². The number of hydrogen-bond acceptors (Lipinski definition) is 7. The van der Waals surface area contributed by atoms with Crippen molar-refractivity contribution in [3.63, 3.8) is 0 Å². The zero-order chi connectivity index (χ0) is 23.7. The number of rotatable bonds is 6. The Kier molecular flexibility index (Phi) is 6.44. The second-order valence-electron chi connectivity index (χ2n) is 7.21. The molecule has 2 heterocycles. The Morgan fingerprint density at radius 1 is 0.970 bits per heavy atom. The van der Waals surface area contributed by atoms with Crippen molar-refractivity contribution in [1.29, 1.82) is 0 Å². The molecule has 0 fully saturated rings. The van der Waals surface area contributed by atoms with E-state index in [1.54, 1.807) is 39.5 Å². The molecule has 0 aliphatic carbocycles. The van der Waals surface area contributed by atoms with Gasteiger partial charge in [0.15, 0.2) is 23.0 Å². The monoisotopic (exact) mass is 484 g/mol. The van der Waals surface area contributed by atoms with Gasteiger partial charge in [0.1, 0.15) is 10.4 Å². The van der Waals surface area contributed by atoms with Crippen LogP contribution in [-0.4, -0.2) is 33.3 Å².